The van der Waals surface area contributed by atoms with E-state index in [2.05, 4.69) is 24.6 Å². The number of hydrogen-bond donors (Lipinski definition) is 0. The van der Waals surface area contributed by atoms with Gasteiger partial charge in [0.1, 0.15) is 16.7 Å². The summed E-state index contributed by atoms with van der Waals surface area (Å²) in [6, 6.07) is 4.09. The second-order valence-corrected chi connectivity index (χ2v) is 8.85. The molecular weight excluding hydrogens is 356 g/mol. The molecule has 1 aromatic carbocycles. The minimum absolute atomic E-state index is 0.598. The van der Waals surface area contributed by atoms with Crippen LogP contribution in [0.4, 0.5) is 0 Å². The standard InChI is InChI=1S/C22H21N2O2S/c1-12-14-8-9-25-15(14)10-16-17(12)19-18-20(26-16)21(13-6-4-3-5-7-13)27-22(18)23-11-24(19)2/h8-11,13H,3-7H2,1-2H3/q+1. The molecule has 0 unspecified atom stereocenters. The van der Waals surface area contributed by atoms with E-state index in [1.165, 1.54) is 59.2 Å². The van der Waals surface area contributed by atoms with E-state index in [1.54, 1.807) is 6.26 Å². The molecule has 3 aromatic heterocycles. The SMILES string of the molecule is Cc1c2c(cc3occc13)Oc1c(C3CCCCC3)sc3nc[n+](C)c-2c13. The van der Waals surface area contributed by atoms with E-state index in [0.717, 1.165) is 27.3 Å². The van der Waals surface area contributed by atoms with Gasteiger partial charge in [-0.05, 0) is 42.3 Å². The number of ether oxygens (including phenoxy) is 1. The molecule has 5 heteroatoms. The fourth-order valence-electron chi connectivity index (χ4n) is 4.87. The molecule has 0 saturated heterocycles. The lowest BCUT2D eigenvalue weighted by atomic mass is 9.87. The van der Waals surface area contributed by atoms with Crippen molar-refractivity contribution in [2.24, 2.45) is 7.05 Å². The summed E-state index contributed by atoms with van der Waals surface area (Å²) < 4.78 is 14.4. The van der Waals surface area contributed by atoms with Crippen molar-refractivity contribution >= 4 is 32.5 Å². The Hall–Kier alpha value is -2.40. The van der Waals surface area contributed by atoms with E-state index in [1.807, 2.05) is 23.7 Å². The summed E-state index contributed by atoms with van der Waals surface area (Å²) in [5.74, 6) is 2.54. The number of furan rings is 1. The highest BCUT2D eigenvalue weighted by molar-refractivity contribution is 7.19. The van der Waals surface area contributed by atoms with Gasteiger partial charge in [-0.15, -0.1) is 0 Å². The second-order valence-electron chi connectivity index (χ2n) is 7.82. The van der Waals surface area contributed by atoms with Gasteiger partial charge in [-0.3, -0.25) is 0 Å². The normalized spacial score (nSPS) is 16.7. The van der Waals surface area contributed by atoms with Gasteiger partial charge < -0.3 is 9.15 Å². The van der Waals surface area contributed by atoms with Gasteiger partial charge in [0.15, 0.2) is 11.4 Å². The first-order chi connectivity index (χ1) is 13.2. The molecule has 4 heterocycles. The van der Waals surface area contributed by atoms with Crippen LogP contribution in [0.3, 0.4) is 0 Å². The number of fused-ring (bicyclic) bond motifs is 3. The summed E-state index contributed by atoms with van der Waals surface area (Å²) in [6.07, 6.45) is 10.2. The first-order valence-electron chi connectivity index (χ1n) is 9.72. The van der Waals surface area contributed by atoms with E-state index < -0.39 is 0 Å². The van der Waals surface area contributed by atoms with Gasteiger partial charge in [-0.2, -0.15) is 0 Å². The highest BCUT2D eigenvalue weighted by Crippen LogP contribution is 2.54. The molecule has 4 aromatic rings. The summed E-state index contributed by atoms with van der Waals surface area (Å²) in [5, 5.41) is 2.33. The molecule has 0 amide bonds. The topological polar surface area (TPSA) is 39.1 Å². The Bertz CT molecular complexity index is 1210. The first-order valence-corrected chi connectivity index (χ1v) is 10.5. The minimum atomic E-state index is 0.598. The number of rotatable bonds is 1. The Morgan fingerprint density at radius 3 is 2.93 bits per heavy atom. The van der Waals surface area contributed by atoms with Crippen molar-refractivity contribution in [1.29, 1.82) is 0 Å². The van der Waals surface area contributed by atoms with Crippen LogP contribution in [0, 0.1) is 6.92 Å². The average Bonchev–Trinajstić information content (AvgIpc) is 3.30. The first kappa shape index (κ1) is 15.6. The Morgan fingerprint density at radius 1 is 1.22 bits per heavy atom. The third-order valence-electron chi connectivity index (χ3n) is 6.22. The summed E-state index contributed by atoms with van der Waals surface area (Å²) in [4.78, 5) is 7.21. The largest absolute Gasteiger partial charge is 0.464 e. The summed E-state index contributed by atoms with van der Waals surface area (Å²) >= 11 is 1.83. The van der Waals surface area contributed by atoms with Crippen LogP contribution in [0.15, 0.2) is 29.1 Å². The highest BCUT2D eigenvalue weighted by atomic mass is 32.1. The van der Waals surface area contributed by atoms with Crippen molar-refractivity contribution < 1.29 is 13.7 Å². The average molecular weight is 377 g/mol. The van der Waals surface area contributed by atoms with E-state index in [0.29, 0.717) is 5.92 Å². The Morgan fingerprint density at radius 2 is 2.07 bits per heavy atom. The maximum Gasteiger partial charge on any atom is 0.288 e. The van der Waals surface area contributed by atoms with Crippen molar-refractivity contribution in [2.45, 2.75) is 44.9 Å². The van der Waals surface area contributed by atoms with Crippen LogP contribution in [0.1, 0.15) is 48.5 Å². The van der Waals surface area contributed by atoms with Crippen LogP contribution in [0.5, 0.6) is 11.5 Å². The third-order valence-corrected chi connectivity index (χ3v) is 7.46. The number of thiophene rings is 1. The maximum absolute atomic E-state index is 6.58. The van der Waals surface area contributed by atoms with Gasteiger partial charge in [-0.25, -0.2) is 4.57 Å². The molecule has 1 aliphatic carbocycles. The third kappa shape index (κ3) is 2.09. The Balaban J connectivity index is 1.69. The van der Waals surface area contributed by atoms with Crippen molar-refractivity contribution in [1.82, 2.24) is 4.98 Å². The molecule has 0 atom stereocenters. The van der Waals surface area contributed by atoms with E-state index in [9.17, 15) is 0 Å². The van der Waals surface area contributed by atoms with Gasteiger partial charge in [-0.1, -0.05) is 30.6 Å². The second kappa shape index (κ2) is 5.55. The summed E-state index contributed by atoms with van der Waals surface area (Å²) in [5.41, 5.74) is 4.47. The van der Waals surface area contributed by atoms with Gasteiger partial charge in [0.2, 0.25) is 4.83 Å². The molecule has 1 fully saturated rings. The van der Waals surface area contributed by atoms with Crippen LogP contribution < -0.4 is 9.30 Å². The Labute approximate surface area is 161 Å². The van der Waals surface area contributed by atoms with Crippen molar-refractivity contribution in [3.63, 3.8) is 0 Å². The summed E-state index contributed by atoms with van der Waals surface area (Å²) in [6.45, 7) is 2.16. The molecule has 136 valence electrons. The number of aromatic nitrogens is 2. The van der Waals surface area contributed by atoms with Crippen LogP contribution in [0.2, 0.25) is 0 Å². The van der Waals surface area contributed by atoms with Crippen LogP contribution in [0.25, 0.3) is 32.4 Å². The van der Waals surface area contributed by atoms with Gasteiger partial charge in [0.25, 0.3) is 6.33 Å². The molecule has 0 radical (unpaired) electrons. The smallest absolute Gasteiger partial charge is 0.288 e. The fourth-order valence-corrected chi connectivity index (χ4v) is 6.11. The number of aryl methyl sites for hydroxylation is 2. The molecule has 1 aliphatic heterocycles. The number of hydrogen-bond acceptors (Lipinski definition) is 4. The van der Waals surface area contributed by atoms with Gasteiger partial charge in [0, 0.05) is 11.5 Å². The predicted octanol–water partition coefficient (Wildman–Crippen LogP) is 6.00. The number of nitrogens with zero attached hydrogens (tertiary/aromatic N) is 2. The van der Waals surface area contributed by atoms with Crippen LogP contribution >= 0.6 is 11.3 Å². The zero-order valence-corrected chi connectivity index (χ0v) is 16.4. The maximum atomic E-state index is 6.58. The van der Waals surface area contributed by atoms with E-state index in [4.69, 9.17) is 14.1 Å². The monoisotopic (exact) mass is 377 g/mol. The molecule has 4 nitrogen and oxygen atoms in total. The van der Waals surface area contributed by atoms with Gasteiger partial charge >= 0.3 is 0 Å². The van der Waals surface area contributed by atoms with Crippen molar-refractivity contribution in [3.8, 4) is 22.8 Å². The van der Waals surface area contributed by atoms with Crippen LogP contribution in [-0.2, 0) is 7.05 Å². The highest BCUT2D eigenvalue weighted by Gasteiger charge is 2.35. The van der Waals surface area contributed by atoms with E-state index >= 15 is 0 Å². The Kier molecular flexibility index (Phi) is 3.21. The van der Waals surface area contributed by atoms with Crippen molar-refractivity contribution in [2.75, 3.05) is 0 Å². The zero-order chi connectivity index (χ0) is 18.1. The lowest BCUT2D eigenvalue weighted by Crippen LogP contribution is -2.32. The van der Waals surface area contributed by atoms with Crippen molar-refractivity contribution in [3.05, 3.63) is 35.2 Å². The molecule has 0 spiro atoms. The van der Waals surface area contributed by atoms with Gasteiger partial charge in [0.05, 0.1) is 23.8 Å². The molecule has 6 rings (SSSR count). The molecule has 0 N–H and O–H groups in total. The minimum Gasteiger partial charge on any atom is -0.464 e. The lowest BCUT2D eigenvalue weighted by molar-refractivity contribution is -0.662. The molecule has 2 aliphatic rings. The van der Waals surface area contributed by atoms with E-state index in [-0.39, 0.29) is 0 Å². The predicted molar refractivity (Wildman–Crippen MR) is 107 cm³/mol. The number of benzene rings is 1. The summed E-state index contributed by atoms with van der Waals surface area (Å²) in [7, 11) is 2.08. The molecule has 27 heavy (non-hydrogen) atoms. The molecule has 1 saturated carbocycles. The van der Waals surface area contributed by atoms with Crippen LogP contribution in [-0.4, -0.2) is 4.98 Å². The fraction of sp³-hybridized carbons (Fsp3) is 0.364. The zero-order valence-electron chi connectivity index (χ0n) is 15.5. The molecule has 0 bridgehead atoms. The molecular formula is C22H21N2O2S+. The quantitative estimate of drug-likeness (QED) is 0.337. The lowest BCUT2D eigenvalue weighted by Gasteiger charge is -2.24.